The van der Waals surface area contributed by atoms with Crippen molar-refractivity contribution in [1.82, 2.24) is 15.0 Å². The molecular formula is C13H16N4O. The Hall–Kier alpha value is -1.88. The van der Waals surface area contributed by atoms with Gasteiger partial charge in [0.15, 0.2) is 0 Å². The highest BCUT2D eigenvalue weighted by atomic mass is 16.5. The molecule has 3 rings (SSSR count). The van der Waals surface area contributed by atoms with E-state index < -0.39 is 0 Å². The lowest BCUT2D eigenvalue weighted by Gasteiger charge is -2.31. The number of hydrogen-bond donors (Lipinski definition) is 0. The Bertz CT molecular complexity index is 503. The Balaban J connectivity index is 1.78. The number of rotatable bonds is 2. The van der Waals surface area contributed by atoms with Gasteiger partial charge in [-0.15, -0.1) is 0 Å². The SMILES string of the molecule is CN1CCN(c2noc(-c3ccccc3)n2)CC1. The largest absolute Gasteiger partial charge is 0.336 e. The lowest BCUT2D eigenvalue weighted by Crippen LogP contribution is -2.44. The molecule has 1 aromatic heterocycles. The number of hydrogen-bond acceptors (Lipinski definition) is 5. The summed E-state index contributed by atoms with van der Waals surface area (Å²) in [6.07, 6.45) is 0. The van der Waals surface area contributed by atoms with Crippen molar-refractivity contribution in [3.8, 4) is 11.5 Å². The van der Waals surface area contributed by atoms with Crippen LogP contribution in [0.5, 0.6) is 0 Å². The van der Waals surface area contributed by atoms with Crippen LogP contribution in [0, 0.1) is 0 Å². The molecule has 0 saturated carbocycles. The summed E-state index contributed by atoms with van der Waals surface area (Å²) in [6.45, 7) is 3.97. The summed E-state index contributed by atoms with van der Waals surface area (Å²) in [5.41, 5.74) is 0.963. The average molecular weight is 244 g/mol. The third-order valence-electron chi connectivity index (χ3n) is 3.22. The van der Waals surface area contributed by atoms with Crippen LogP contribution in [0.3, 0.4) is 0 Å². The Morgan fingerprint density at radius 2 is 1.78 bits per heavy atom. The van der Waals surface area contributed by atoms with E-state index in [-0.39, 0.29) is 0 Å². The van der Waals surface area contributed by atoms with E-state index in [0.29, 0.717) is 11.8 Å². The van der Waals surface area contributed by atoms with Gasteiger partial charge in [-0.25, -0.2) is 0 Å². The predicted octanol–water partition coefficient (Wildman–Crippen LogP) is 1.49. The zero-order chi connectivity index (χ0) is 12.4. The lowest BCUT2D eigenvalue weighted by atomic mass is 10.2. The Morgan fingerprint density at radius 1 is 1.06 bits per heavy atom. The molecule has 2 heterocycles. The van der Waals surface area contributed by atoms with E-state index in [1.807, 2.05) is 30.3 Å². The molecule has 0 radical (unpaired) electrons. The molecule has 1 saturated heterocycles. The summed E-state index contributed by atoms with van der Waals surface area (Å²) in [4.78, 5) is 8.92. The minimum atomic E-state index is 0.588. The average Bonchev–Trinajstić information content (AvgIpc) is 2.90. The molecule has 0 spiro atoms. The van der Waals surface area contributed by atoms with E-state index in [9.17, 15) is 0 Å². The van der Waals surface area contributed by atoms with Crippen molar-refractivity contribution in [2.75, 3.05) is 38.1 Å². The van der Waals surface area contributed by atoms with Gasteiger partial charge in [-0.05, 0) is 24.3 Å². The molecular weight excluding hydrogens is 228 g/mol. The highest BCUT2D eigenvalue weighted by Crippen LogP contribution is 2.20. The third kappa shape index (κ3) is 2.22. The first-order valence-corrected chi connectivity index (χ1v) is 6.15. The highest BCUT2D eigenvalue weighted by molar-refractivity contribution is 5.54. The number of benzene rings is 1. The van der Waals surface area contributed by atoms with Gasteiger partial charge in [0.1, 0.15) is 0 Å². The Labute approximate surface area is 106 Å². The maximum atomic E-state index is 5.31. The second-order valence-corrected chi connectivity index (χ2v) is 4.56. The molecule has 18 heavy (non-hydrogen) atoms. The van der Waals surface area contributed by atoms with Gasteiger partial charge in [-0.3, -0.25) is 0 Å². The van der Waals surface area contributed by atoms with Gasteiger partial charge < -0.3 is 14.3 Å². The fraction of sp³-hybridized carbons (Fsp3) is 0.385. The van der Waals surface area contributed by atoms with E-state index in [4.69, 9.17) is 4.52 Å². The quantitative estimate of drug-likeness (QED) is 0.801. The first-order valence-electron chi connectivity index (χ1n) is 6.15. The topological polar surface area (TPSA) is 45.4 Å². The number of nitrogens with zero attached hydrogens (tertiary/aromatic N) is 4. The van der Waals surface area contributed by atoms with E-state index in [1.165, 1.54) is 0 Å². The molecule has 1 fully saturated rings. The maximum Gasteiger partial charge on any atom is 0.266 e. The summed E-state index contributed by atoms with van der Waals surface area (Å²) in [5.74, 6) is 1.28. The van der Waals surface area contributed by atoms with Crippen LogP contribution < -0.4 is 4.90 Å². The number of likely N-dealkylation sites (N-methyl/N-ethyl adjacent to an activating group) is 1. The van der Waals surface area contributed by atoms with Crippen LogP contribution in [0.4, 0.5) is 5.95 Å². The first kappa shape index (κ1) is 11.2. The van der Waals surface area contributed by atoms with Gasteiger partial charge >= 0.3 is 0 Å². The summed E-state index contributed by atoms with van der Waals surface area (Å²) < 4.78 is 5.31. The highest BCUT2D eigenvalue weighted by Gasteiger charge is 2.19. The molecule has 0 N–H and O–H groups in total. The summed E-state index contributed by atoms with van der Waals surface area (Å²) in [7, 11) is 2.13. The fourth-order valence-corrected chi connectivity index (χ4v) is 2.05. The number of piperazine rings is 1. The Kier molecular flexibility index (Phi) is 2.98. The molecule has 0 amide bonds. The van der Waals surface area contributed by atoms with Gasteiger partial charge in [0.25, 0.3) is 11.8 Å². The first-order chi connectivity index (χ1) is 8.83. The molecule has 1 aromatic carbocycles. The van der Waals surface area contributed by atoms with Crippen LogP contribution in [0.25, 0.3) is 11.5 Å². The molecule has 0 atom stereocenters. The second-order valence-electron chi connectivity index (χ2n) is 4.56. The molecule has 94 valence electrons. The molecule has 0 aliphatic carbocycles. The second kappa shape index (κ2) is 4.78. The number of aromatic nitrogens is 2. The zero-order valence-electron chi connectivity index (χ0n) is 10.4. The lowest BCUT2D eigenvalue weighted by molar-refractivity contribution is 0.309. The molecule has 1 aliphatic heterocycles. The van der Waals surface area contributed by atoms with Crippen molar-refractivity contribution >= 4 is 5.95 Å². The van der Waals surface area contributed by atoms with Crippen molar-refractivity contribution < 1.29 is 4.52 Å². The Morgan fingerprint density at radius 3 is 2.50 bits per heavy atom. The maximum absolute atomic E-state index is 5.31. The van der Waals surface area contributed by atoms with Crippen molar-refractivity contribution in [2.45, 2.75) is 0 Å². The fourth-order valence-electron chi connectivity index (χ4n) is 2.05. The minimum Gasteiger partial charge on any atom is -0.336 e. The van der Waals surface area contributed by atoms with Gasteiger partial charge in [-0.1, -0.05) is 18.2 Å². The van der Waals surface area contributed by atoms with Crippen molar-refractivity contribution in [2.24, 2.45) is 0 Å². The van der Waals surface area contributed by atoms with Crippen LogP contribution in [-0.2, 0) is 0 Å². The van der Waals surface area contributed by atoms with E-state index in [2.05, 4.69) is 27.0 Å². The van der Waals surface area contributed by atoms with E-state index >= 15 is 0 Å². The standard InChI is InChI=1S/C13H16N4O/c1-16-7-9-17(10-8-16)13-14-12(18-15-13)11-5-3-2-4-6-11/h2-6H,7-10H2,1H3. The van der Waals surface area contributed by atoms with E-state index in [1.54, 1.807) is 0 Å². The summed E-state index contributed by atoms with van der Waals surface area (Å²) in [6, 6.07) is 9.86. The molecule has 2 aromatic rings. The predicted molar refractivity (Wildman–Crippen MR) is 69.4 cm³/mol. The van der Waals surface area contributed by atoms with Crippen LogP contribution >= 0.6 is 0 Å². The van der Waals surface area contributed by atoms with Gasteiger partial charge in [0, 0.05) is 31.7 Å². The normalized spacial score (nSPS) is 17.1. The molecule has 5 heteroatoms. The van der Waals surface area contributed by atoms with Gasteiger partial charge in [0.2, 0.25) is 0 Å². The van der Waals surface area contributed by atoms with Gasteiger partial charge in [-0.2, -0.15) is 4.98 Å². The van der Waals surface area contributed by atoms with Crippen molar-refractivity contribution in [1.29, 1.82) is 0 Å². The third-order valence-corrected chi connectivity index (χ3v) is 3.22. The molecule has 5 nitrogen and oxygen atoms in total. The van der Waals surface area contributed by atoms with Crippen LogP contribution in [0.2, 0.25) is 0 Å². The zero-order valence-corrected chi connectivity index (χ0v) is 10.4. The van der Waals surface area contributed by atoms with Crippen molar-refractivity contribution in [3.63, 3.8) is 0 Å². The monoisotopic (exact) mass is 244 g/mol. The van der Waals surface area contributed by atoms with Crippen molar-refractivity contribution in [3.05, 3.63) is 30.3 Å². The van der Waals surface area contributed by atoms with Gasteiger partial charge in [0.05, 0.1) is 0 Å². The molecule has 0 bridgehead atoms. The summed E-state index contributed by atoms with van der Waals surface area (Å²) in [5, 5.41) is 4.06. The van der Waals surface area contributed by atoms with Crippen LogP contribution in [-0.4, -0.2) is 48.3 Å². The van der Waals surface area contributed by atoms with Crippen LogP contribution in [0.1, 0.15) is 0 Å². The molecule has 1 aliphatic rings. The smallest absolute Gasteiger partial charge is 0.266 e. The number of anilines is 1. The molecule has 0 unspecified atom stereocenters. The minimum absolute atomic E-state index is 0.588. The van der Waals surface area contributed by atoms with Crippen LogP contribution in [0.15, 0.2) is 34.9 Å². The summed E-state index contributed by atoms with van der Waals surface area (Å²) >= 11 is 0. The van der Waals surface area contributed by atoms with E-state index in [0.717, 1.165) is 31.7 Å².